The Morgan fingerprint density at radius 2 is 1.81 bits per heavy atom. The van der Waals surface area contributed by atoms with Crippen LogP contribution in [0.1, 0.15) is 24.5 Å². The maximum Gasteiger partial charge on any atom is 0.137 e. The number of ether oxygens (including phenoxy) is 2. The van der Waals surface area contributed by atoms with Gasteiger partial charge in [-0.2, -0.15) is 0 Å². The van der Waals surface area contributed by atoms with Crippen LogP contribution in [0, 0.1) is 5.82 Å². The molecular formula is C22H21FO2S. The summed E-state index contributed by atoms with van der Waals surface area (Å²) in [6.45, 7) is 0.601. The Kier molecular flexibility index (Phi) is 5.16. The second kappa shape index (κ2) is 7.70. The fourth-order valence-electron chi connectivity index (χ4n) is 3.43. The summed E-state index contributed by atoms with van der Waals surface area (Å²) in [7, 11) is 1.70. The lowest BCUT2D eigenvalue weighted by atomic mass is 9.96. The first-order valence-corrected chi connectivity index (χ1v) is 9.66. The van der Waals surface area contributed by atoms with Gasteiger partial charge in [0.1, 0.15) is 5.82 Å². The normalized spacial score (nSPS) is 20.2. The number of thiophene rings is 1. The zero-order valence-corrected chi connectivity index (χ0v) is 15.5. The highest BCUT2D eigenvalue weighted by Crippen LogP contribution is 2.39. The molecule has 134 valence electrons. The number of benzene rings is 2. The van der Waals surface area contributed by atoms with Gasteiger partial charge in [-0.15, -0.1) is 11.3 Å². The van der Waals surface area contributed by atoms with E-state index in [0.717, 1.165) is 21.7 Å². The van der Waals surface area contributed by atoms with E-state index in [0.29, 0.717) is 24.2 Å². The van der Waals surface area contributed by atoms with Crippen LogP contribution in [0.25, 0.3) is 20.9 Å². The second-order valence-electron chi connectivity index (χ2n) is 6.48. The highest BCUT2D eigenvalue weighted by molar-refractivity contribution is 7.18. The van der Waals surface area contributed by atoms with Crippen LogP contribution in [-0.4, -0.2) is 19.8 Å². The van der Waals surface area contributed by atoms with E-state index in [1.165, 1.54) is 0 Å². The van der Waals surface area contributed by atoms with Crippen LogP contribution in [0.3, 0.4) is 0 Å². The molecular weight excluding hydrogens is 347 g/mol. The summed E-state index contributed by atoms with van der Waals surface area (Å²) in [6, 6.07) is 19.8. The van der Waals surface area contributed by atoms with Gasteiger partial charge in [-0.05, 0) is 24.1 Å². The van der Waals surface area contributed by atoms with Gasteiger partial charge in [0, 0.05) is 41.0 Å². The molecule has 0 radical (unpaired) electrons. The minimum absolute atomic E-state index is 0.128. The van der Waals surface area contributed by atoms with Crippen LogP contribution in [0.5, 0.6) is 0 Å². The molecule has 1 fully saturated rings. The lowest BCUT2D eigenvalue weighted by molar-refractivity contribution is -0.0610. The Balaban J connectivity index is 1.65. The van der Waals surface area contributed by atoms with Gasteiger partial charge in [-0.1, -0.05) is 48.5 Å². The predicted molar refractivity (Wildman–Crippen MR) is 104 cm³/mol. The third-order valence-corrected chi connectivity index (χ3v) is 6.04. The molecule has 0 spiro atoms. The minimum Gasteiger partial charge on any atom is -0.381 e. The quantitative estimate of drug-likeness (QED) is 0.555. The summed E-state index contributed by atoms with van der Waals surface area (Å²) < 4.78 is 26.5. The van der Waals surface area contributed by atoms with E-state index in [2.05, 4.69) is 18.2 Å². The van der Waals surface area contributed by atoms with Crippen molar-refractivity contribution in [1.82, 2.24) is 0 Å². The molecule has 1 aliphatic rings. The van der Waals surface area contributed by atoms with Gasteiger partial charge >= 0.3 is 0 Å². The average Bonchev–Trinajstić information content (AvgIpc) is 3.19. The van der Waals surface area contributed by atoms with E-state index in [-0.39, 0.29) is 18.0 Å². The average molecular weight is 368 g/mol. The van der Waals surface area contributed by atoms with Crippen molar-refractivity contribution >= 4 is 11.3 Å². The Bertz CT molecular complexity index is 875. The van der Waals surface area contributed by atoms with Crippen LogP contribution in [-0.2, 0) is 9.47 Å². The standard InChI is InChI=1S/C22H21FO2S/c1-24-16-12-13-25-19(14-16)17-8-5-9-18(22(17)23)21-11-10-20(26-21)15-6-3-2-4-7-15/h2-11,16,19H,12-14H2,1H3. The zero-order chi connectivity index (χ0) is 17.9. The van der Waals surface area contributed by atoms with Crippen molar-refractivity contribution in [3.63, 3.8) is 0 Å². The number of hydrogen-bond donors (Lipinski definition) is 0. The Morgan fingerprint density at radius 3 is 2.62 bits per heavy atom. The molecule has 4 rings (SSSR count). The van der Waals surface area contributed by atoms with Crippen molar-refractivity contribution in [1.29, 1.82) is 0 Å². The third kappa shape index (κ3) is 3.45. The van der Waals surface area contributed by atoms with E-state index in [1.54, 1.807) is 18.4 Å². The van der Waals surface area contributed by atoms with Crippen molar-refractivity contribution in [2.75, 3.05) is 13.7 Å². The van der Waals surface area contributed by atoms with Gasteiger partial charge in [0.05, 0.1) is 12.2 Å². The number of rotatable bonds is 4. The number of halogens is 1. The summed E-state index contributed by atoms with van der Waals surface area (Å²) in [5.41, 5.74) is 2.41. The zero-order valence-electron chi connectivity index (χ0n) is 14.7. The second-order valence-corrected chi connectivity index (χ2v) is 7.56. The summed E-state index contributed by atoms with van der Waals surface area (Å²) in [6.07, 6.45) is 1.43. The first-order valence-electron chi connectivity index (χ1n) is 8.84. The SMILES string of the molecule is COC1CCOC(c2cccc(-c3ccc(-c4ccccc4)s3)c2F)C1. The van der Waals surface area contributed by atoms with Crippen LogP contribution >= 0.6 is 11.3 Å². The molecule has 0 bridgehead atoms. The monoisotopic (exact) mass is 368 g/mol. The predicted octanol–water partition coefficient (Wildman–Crippen LogP) is 6.09. The first-order chi connectivity index (χ1) is 12.8. The largest absolute Gasteiger partial charge is 0.381 e. The van der Waals surface area contributed by atoms with Gasteiger partial charge in [-0.25, -0.2) is 4.39 Å². The van der Waals surface area contributed by atoms with Crippen molar-refractivity contribution in [2.45, 2.75) is 25.0 Å². The molecule has 1 saturated heterocycles. The fraction of sp³-hybridized carbons (Fsp3) is 0.273. The Labute approximate surface area is 157 Å². The van der Waals surface area contributed by atoms with Crippen LogP contribution in [0.15, 0.2) is 60.7 Å². The van der Waals surface area contributed by atoms with Gasteiger partial charge in [-0.3, -0.25) is 0 Å². The number of hydrogen-bond acceptors (Lipinski definition) is 3. The molecule has 2 nitrogen and oxygen atoms in total. The lowest BCUT2D eigenvalue weighted by Gasteiger charge is -2.29. The van der Waals surface area contributed by atoms with Crippen molar-refractivity contribution in [3.8, 4) is 20.9 Å². The molecule has 1 aliphatic heterocycles. The summed E-state index contributed by atoms with van der Waals surface area (Å²) in [5, 5.41) is 0. The molecule has 2 unspecified atom stereocenters. The van der Waals surface area contributed by atoms with E-state index in [9.17, 15) is 0 Å². The Morgan fingerprint density at radius 1 is 1.00 bits per heavy atom. The maximum absolute atomic E-state index is 15.3. The van der Waals surface area contributed by atoms with Crippen LogP contribution < -0.4 is 0 Å². The van der Waals surface area contributed by atoms with Crippen molar-refractivity contribution < 1.29 is 13.9 Å². The van der Waals surface area contributed by atoms with E-state index >= 15 is 4.39 Å². The molecule has 2 atom stereocenters. The van der Waals surface area contributed by atoms with Gasteiger partial charge in [0.25, 0.3) is 0 Å². The lowest BCUT2D eigenvalue weighted by Crippen LogP contribution is -2.25. The third-order valence-electron chi connectivity index (χ3n) is 4.87. The Hall–Kier alpha value is -2.01. The maximum atomic E-state index is 15.3. The van der Waals surface area contributed by atoms with Crippen LogP contribution in [0.2, 0.25) is 0 Å². The first kappa shape index (κ1) is 17.4. The molecule has 4 heteroatoms. The smallest absolute Gasteiger partial charge is 0.137 e. The van der Waals surface area contributed by atoms with Gasteiger partial charge < -0.3 is 9.47 Å². The molecule has 0 N–H and O–H groups in total. The summed E-state index contributed by atoms with van der Waals surface area (Å²) in [4.78, 5) is 2.07. The summed E-state index contributed by atoms with van der Waals surface area (Å²) in [5.74, 6) is -0.185. The molecule has 0 amide bonds. The van der Waals surface area contributed by atoms with E-state index in [4.69, 9.17) is 9.47 Å². The van der Waals surface area contributed by atoms with E-state index < -0.39 is 0 Å². The fourth-order valence-corrected chi connectivity index (χ4v) is 4.46. The molecule has 0 aliphatic carbocycles. The minimum atomic E-state index is -0.248. The molecule has 1 aromatic heterocycles. The van der Waals surface area contributed by atoms with Crippen molar-refractivity contribution in [2.24, 2.45) is 0 Å². The highest BCUT2D eigenvalue weighted by Gasteiger charge is 2.27. The topological polar surface area (TPSA) is 18.5 Å². The molecule has 2 heterocycles. The van der Waals surface area contributed by atoms with E-state index in [1.807, 2.05) is 42.5 Å². The molecule has 0 saturated carbocycles. The highest BCUT2D eigenvalue weighted by atomic mass is 32.1. The van der Waals surface area contributed by atoms with Crippen molar-refractivity contribution in [3.05, 3.63) is 72.0 Å². The van der Waals surface area contributed by atoms with Crippen LogP contribution in [0.4, 0.5) is 4.39 Å². The van der Waals surface area contributed by atoms with Gasteiger partial charge in [0.15, 0.2) is 0 Å². The molecule has 2 aromatic carbocycles. The van der Waals surface area contributed by atoms with Gasteiger partial charge in [0.2, 0.25) is 0 Å². The number of methoxy groups -OCH3 is 1. The summed E-state index contributed by atoms with van der Waals surface area (Å²) >= 11 is 1.61. The molecule has 26 heavy (non-hydrogen) atoms. The molecule has 3 aromatic rings.